The third-order valence-electron chi connectivity index (χ3n) is 3.13. The molecule has 0 fully saturated rings. The summed E-state index contributed by atoms with van der Waals surface area (Å²) in [5.74, 6) is 6.62. The molecular formula is C19H21N. The molecule has 0 amide bonds. The molecule has 0 saturated carbocycles. The van der Waals surface area contributed by atoms with E-state index in [-0.39, 0.29) is 6.04 Å². The molecule has 0 radical (unpaired) electrons. The van der Waals surface area contributed by atoms with E-state index in [1.807, 2.05) is 48.5 Å². The number of para-hydroxylation sites is 1. The zero-order valence-corrected chi connectivity index (χ0v) is 12.0. The zero-order chi connectivity index (χ0) is 14.0. The van der Waals surface area contributed by atoms with E-state index in [1.54, 1.807) is 0 Å². The van der Waals surface area contributed by atoms with Crippen molar-refractivity contribution in [3.05, 3.63) is 66.2 Å². The normalized spacial score (nSPS) is 11.2. The van der Waals surface area contributed by atoms with E-state index in [9.17, 15) is 0 Å². The number of unbranched alkanes of at least 4 members (excludes halogenated alkanes) is 1. The Hall–Kier alpha value is -2.20. The minimum atomic E-state index is 0.206. The largest absolute Gasteiger partial charge is 0.372 e. The molecule has 1 nitrogen and oxygen atoms in total. The fourth-order valence-corrected chi connectivity index (χ4v) is 2.02. The van der Waals surface area contributed by atoms with Gasteiger partial charge in [-0.15, -0.1) is 0 Å². The highest BCUT2D eigenvalue weighted by molar-refractivity contribution is 5.46. The second kappa shape index (κ2) is 8.07. The van der Waals surface area contributed by atoms with Gasteiger partial charge in [-0.25, -0.2) is 0 Å². The Bertz CT molecular complexity index is 549. The predicted octanol–water partition coefficient (Wildman–Crippen LogP) is 4.71. The van der Waals surface area contributed by atoms with Crippen molar-refractivity contribution >= 4 is 5.69 Å². The first-order valence-corrected chi connectivity index (χ1v) is 7.26. The maximum absolute atomic E-state index is 3.51. The van der Waals surface area contributed by atoms with Crippen LogP contribution in [0.2, 0.25) is 0 Å². The van der Waals surface area contributed by atoms with Crippen LogP contribution in [0.4, 0.5) is 5.69 Å². The summed E-state index contributed by atoms with van der Waals surface area (Å²) in [6.07, 6.45) is 3.46. The molecule has 0 bridgehead atoms. The lowest BCUT2D eigenvalue weighted by Crippen LogP contribution is -2.17. The lowest BCUT2D eigenvalue weighted by Gasteiger charge is -2.14. The molecule has 20 heavy (non-hydrogen) atoms. The molecule has 0 aliphatic heterocycles. The summed E-state index contributed by atoms with van der Waals surface area (Å²) in [5.41, 5.74) is 2.21. The quantitative estimate of drug-likeness (QED) is 0.770. The van der Waals surface area contributed by atoms with E-state index in [2.05, 4.69) is 36.2 Å². The molecule has 1 atom stereocenters. The fraction of sp³-hybridized carbons (Fsp3) is 0.263. The van der Waals surface area contributed by atoms with Gasteiger partial charge in [-0.2, -0.15) is 0 Å². The van der Waals surface area contributed by atoms with Crippen molar-refractivity contribution < 1.29 is 0 Å². The molecule has 2 aromatic carbocycles. The molecule has 1 unspecified atom stereocenters. The first-order valence-electron chi connectivity index (χ1n) is 7.26. The van der Waals surface area contributed by atoms with Gasteiger partial charge in [0.1, 0.15) is 0 Å². The van der Waals surface area contributed by atoms with E-state index < -0.39 is 0 Å². The van der Waals surface area contributed by atoms with Gasteiger partial charge in [0.25, 0.3) is 0 Å². The monoisotopic (exact) mass is 263 g/mol. The molecule has 0 aliphatic carbocycles. The van der Waals surface area contributed by atoms with Crippen molar-refractivity contribution in [3.63, 3.8) is 0 Å². The third-order valence-corrected chi connectivity index (χ3v) is 3.13. The van der Waals surface area contributed by atoms with Gasteiger partial charge in [-0.1, -0.05) is 68.0 Å². The van der Waals surface area contributed by atoms with Crippen molar-refractivity contribution in [3.8, 4) is 11.8 Å². The third kappa shape index (κ3) is 4.82. The highest BCUT2D eigenvalue weighted by Crippen LogP contribution is 2.11. The van der Waals surface area contributed by atoms with E-state index in [4.69, 9.17) is 0 Å². The predicted molar refractivity (Wildman–Crippen MR) is 86.7 cm³/mol. The van der Waals surface area contributed by atoms with Gasteiger partial charge in [-0.05, 0) is 30.7 Å². The molecule has 2 aromatic rings. The number of hydrogen-bond donors (Lipinski definition) is 1. The number of rotatable bonds is 5. The van der Waals surface area contributed by atoms with Crippen LogP contribution in [-0.4, -0.2) is 6.04 Å². The molecule has 0 heterocycles. The standard InChI is InChI=1S/C19H21N/c1-2-3-12-19(20-18-13-8-5-9-14-18)16-15-17-10-6-4-7-11-17/h4-11,13-14,19-20H,2-3,12H2,1H3. The Labute approximate surface area is 122 Å². The van der Waals surface area contributed by atoms with Crippen LogP contribution >= 0.6 is 0 Å². The molecular weight excluding hydrogens is 242 g/mol. The second-order valence-electron chi connectivity index (χ2n) is 4.84. The Kier molecular flexibility index (Phi) is 5.73. The summed E-state index contributed by atoms with van der Waals surface area (Å²) in [6, 6.07) is 20.7. The van der Waals surface area contributed by atoms with Crippen LogP contribution in [0.25, 0.3) is 0 Å². The molecule has 1 heteroatoms. The lowest BCUT2D eigenvalue weighted by molar-refractivity contribution is 0.692. The summed E-state index contributed by atoms with van der Waals surface area (Å²) >= 11 is 0. The van der Waals surface area contributed by atoms with Crippen LogP contribution in [0, 0.1) is 11.8 Å². The summed E-state index contributed by atoms with van der Waals surface area (Å²) < 4.78 is 0. The number of anilines is 1. The van der Waals surface area contributed by atoms with Crippen molar-refractivity contribution in [2.24, 2.45) is 0 Å². The van der Waals surface area contributed by atoms with Crippen LogP contribution in [0.15, 0.2) is 60.7 Å². The van der Waals surface area contributed by atoms with Gasteiger partial charge in [0, 0.05) is 11.3 Å². The average molecular weight is 263 g/mol. The zero-order valence-electron chi connectivity index (χ0n) is 12.0. The first-order chi connectivity index (χ1) is 9.88. The van der Waals surface area contributed by atoms with Crippen molar-refractivity contribution in [2.75, 3.05) is 5.32 Å². The van der Waals surface area contributed by atoms with Gasteiger partial charge in [-0.3, -0.25) is 0 Å². The SMILES string of the molecule is CCCCC(C#Cc1ccccc1)Nc1ccccc1. The minimum Gasteiger partial charge on any atom is -0.372 e. The Balaban J connectivity index is 2.06. The smallest absolute Gasteiger partial charge is 0.0880 e. The number of benzene rings is 2. The van der Waals surface area contributed by atoms with Gasteiger partial charge < -0.3 is 5.32 Å². The summed E-state index contributed by atoms with van der Waals surface area (Å²) in [5, 5.41) is 3.51. The van der Waals surface area contributed by atoms with Crippen LogP contribution in [-0.2, 0) is 0 Å². The van der Waals surface area contributed by atoms with Crippen molar-refractivity contribution in [1.82, 2.24) is 0 Å². The van der Waals surface area contributed by atoms with E-state index in [1.165, 1.54) is 12.8 Å². The van der Waals surface area contributed by atoms with Crippen LogP contribution in [0.1, 0.15) is 31.7 Å². The van der Waals surface area contributed by atoms with Crippen LogP contribution in [0.3, 0.4) is 0 Å². The second-order valence-corrected chi connectivity index (χ2v) is 4.84. The fourth-order valence-electron chi connectivity index (χ4n) is 2.02. The molecule has 2 rings (SSSR count). The number of nitrogens with one attached hydrogen (secondary N) is 1. The maximum Gasteiger partial charge on any atom is 0.0880 e. The molecule has 0 spiro atoms. The van der Waals surface area contributed by atoms with Crippen LogP contribution < -0.4 is 5.32 Å². The van der Waals surface area contributed by atoms with Gasteiger partial charge in [0.05, 0.1) is 6.04 Å². The van der Waals surface area contributed by atoms with Crippen molar-refractivity contribution in [2.45, 2.75) is 32.2 Å². The minimum absolute atomic E-state index is 0.206. The Morgan fingerprint density at radius 2 is 1.60 bits per heavy atom. The Morgan fingerprint density at radius 1 is 0.950 bits per heavy atom. The lowest BCUT2D eigenvalue weighted by atomic mass is 10.1. The highest BCUT2D eigenvalue weighted by Gasteiger charge is 2.03. The number of hydrogen-bond acceptors (Lipinski definition) is 1. The van der Waals surface area contributed by atoms with Crippen molar-refractivity contribution in [1.29, 1.82) is 0 Å². The average Bonchev–Trinajstić information content (AvgIpc) is 2.52. The summed E-state index contributed by atoms with van der Waals surface area (Å²) in [6.45, 7) is 2.21. The topological polar surface area (TPSA) is 12.0 Å². The molecule has 0 saturated heterocycles. The van der Waals surface area contributed by atoms with Crippen LogP contribution in [0.5, 0.6) is 0 Å². The molecule has 0 aromatic heterocycles. The first kappa shape index (κ1) is 14.2. The summed E-state index contributed by atoms with van der Waals surface area (Å²) in [7, 11) is 0. The molecule has 1 N–H and O–H groups in total. The van der Waals surface area contributed by atoms with Gasteiger partial charge in [0.15, 0.2) is 0 Å². The maximum atomic E-state index is 3.51. The Morgan fingerprint density at radius 3 is 2.25 bits per heavy atom. The van der Waals surface area contributed by atoms with Gasteiger partial charge in [0.2, 0.25) is 0 Å². The van der Waals surface area contributed by atoms with E-state index in [0.29, 0.717) is 0 Å². The molecule has 102 valence electrons. The van der Waals surface area contributed by atoms with E-state index >= 15 is 0 Å². The highest BCUT2D eigenvalue weighted by atomic mass is 14.9. The summed E-state index contributed by atoms with van der Waals surface area (Å²) in [4.78, 5) is 0. The van der Waals surface area contributed by atoms with E-state index in [0.717, 1.165) is 17.7 Å². The van der Waals surface area contributed by atoms with Gasteiger partial charge >= 0.3 is 0 Å². The molecule has 0 aliphatic rings.